The van der Waals surface area contributed by atoms with Crippen LogP contribution >= 0.6 is 0 Å². The van der Waals surface area contributed by atoms with E-state index < -0.39 is 0 Å². The number of rotatable bonds is 6. The van der Waals surface area contributed by atoms with Gasteiger partial charge >= 0.3 is 0 Å². The highest BCUT2D eigenvalue weighted by molar-refractivity contribution is 5.60. The maximum Gasteiger partial charge on any atom is 0.181 e. The zero-order valence-electron chi connectivity index (χ0n) is 10.6. The maximum absolute atomic E-state index is 12.4. The standard InChI is InChI=1S/C16H17FO/c1-5-8-13(6-2)10-14-9-12(4)16(18-17)15(7-3)11-14/h5-9,11H,1-3,10H2,4H3/b13-8+. The summed E-state index contributed by atoms with van der Waals surface area (Å²) < 4.78 is 12.4. The first-order valence-corrected chi connectivity index (χ1v) is 5.64. The molecular weight excluding hydrogens is 227 g/mol. The molecule has 0 fully saturated rings. The third-order valence-corrected chi connectivity index (χ3v) is 2.66. The smallest absolute Gasteiger partial charge is 0.181 e. The Morgan fingerprint density at radius 2 is 2.06 bits per heavy atom. The molecule has 1 aromatic rings. The molecule has 1 rings (SSSR count). The number of allylic oxidation sites excluding steroid dienone is 4. The van der Waals surface area contributed by atoms with Crippen molar-refractivity contribution < 1.29 is 9.47 Å². The lowest BCUT2D eigenvalue weighted by Gasteiger charge is -2.09. The van der Waals surface area contributed by atoms with E-state index in [1.165, 1.54) is 0 Å². The van der Waals surface area contributed by atoms with Crippen LogP contribution in [0.4, 0.5) is 4.53 Å². The summed E-state index contributed by atoms with van der Waals surface area (Å²) in [5.41, 5.74) is 3.49. The lowest BCUT2D eigenvalue weighted by atomic mass is 9.99. The minimum Gasteiger partial charge on any atom is -0.293 e. The zero-order chi connectivity index (χ0) is 13.5. The van der Waals surface area contributed by atoms with Crippen molar-refractivity contribution in [3.63, 3.8) is 0 Å². The molecule has 0 heterocycles. The van der Waals surface area contributed by atoms with Crippen molar-refractivity contribution in [1.29, 1.82) is 0 Å². The zero-order valence-corrected chi connectivity index (χ0v) is 10.6. The molecule has 2 heteroatoms. The van der Waals surface area contributed by atoms with Crippen molar-refractivity contribution >= 4 is 6.08 Å². The quantitative estimate of drug-likeness (QED) is 0.656. The Morgan fingerprint density at radius 3 is 2.56 bits per heavy atom. The minimum absolute atomic E-state index is 0.224. The van der Waals surface area contributed by atoms with Gasteiger partial charge in [-0.3, -0.25) is 4.94 Å². The van der Waals surface area contributed by atoms with E-state index in [1.807, 2.05) is 18.2 Å². The second-order valence-electron chi connectivity index (χ2n) is 3.97. The Labute approximate surface area is 108 Å². The Morgan fingerprint density at radius 1 is 1.33 bits per heavy atom. The third-order valence-electron chi connectivity index (χ3n) is 2.66. The second kappa shape index (κ2) is 6.60. The molecule has 0 unspecified atom stereocenters. The Hall–Kier alpha value is -2.09. The van der Waals surface area contributed by atoms with E-state index in [0.29, 0.717) is 12.0 Å². The number of hydrogen-bond acceptors (Lipinski definition) is 1. The summed E-state index contributed by atoms with van der Waals surface area (Å²) in [4.78, 5) is 3.88. The van der Waals surface area contributed by atoms with Crippen LogP contribution in [-0.4, -0.2) is 0 Å². The van der Waals surface area contributed by atoms with E-state index in [-0.39, 0.29) is 5.75 Å². The average Bonchev–Trinajstić information content (AvgIpc) is 2.37. The molecule has 0 bridgehead atoms. The highest BCUT2D eigenvalue weighted by Crippen LogP contribution is 2.28. The molecule has 0 amide bonds. The van der Waals surface area contributed by atoms with Crippen LogP contribution in [0.25, 0.3) is 6.08 Å². The van der Waals surface area contributed by atoms with Gasteiger partial charge in [0.15, 0.2) is 5.75 Å². The van der Waals surface area contributed by atoms with Gasteiger partial charge in [-0.15, -0.1) is 0 Å². The van der Waals surface area contributed by atoms with Crippen molar-refractivity contribution in [2.45, 2.75) is 13.3 Å². The fraction of sp³-hybridized carbons (Fsp3) is 0.125. The van der Waals surface area contributed by atoms with Crippen molar-refractivity contribution in [3.05, 3.63) is 72.4 Å². The molecule has 0 N–H and O–H groups in total. The van der Waals surface area contributed by atoms with Gasteiger partial charge in [-0.2, -0.15) is 0 Å². The molecule has 0 aliphatic rings. The lowest BCUT2D eigenvalue weighted by Crippen LogP contribution is -1.94. The number of halogens is 1. The van der Waals surface area contributed by atoms with Gasteiger partial charge in [0.2, 0.25) is 0 Å². The molecule has 1 nitrogen and oxygen atoms in total. The van der Waals surface area contributed by atoms with Crippen LogP contribution in [0.15, 0.2) is 55.7 Å². The first-order valence-electron chi connectivity index (χ1n) is 5.64. The third kappa shape index (κ3) is 3.20. The monoisotopic (exact) mass is 244 g/mol. The van der Waals surface area contributed by atoms with Crippen LogP contribution in [0.1, 0.15) is 16.7 Å². The SMILES string of the molecule is C=C/C=C(\C=C)Cc1cc(C)c(OF)c(C=C)c1. The summed E-state index contributed by atoms with van der Waals surface area (Å²) in [7, 11) is 0. The highest BCUT2D eigenvalue weighted by atomic mass is 19.3. The van der Waals surface area contributed by atoms with Crippen molar-refractivity contribution in [2.75, 3.05) is 0 Å². The van der Waals surface area contributed by atoms with Crippen LogP contribution in [0.5, 0.6) is 5.75 Å². The first-order chi connectivity index (χ1) is 8.65. The molecule has 0 radical (unpaired) electrons. The topological polar surface area (TPSA) is 9.23 Å². The Kier molecular flexibility index (Phi) is 5.12. The molecule has 0 aliphatic carbocycles. The predicted octanol–water partition coefficient (Wildman–Crippen LogP) is 4.74. The summed E-state index contributed by atoms with van der Waals surface area (Å²) in [6.07, 6.45) is 7.69. The summed E-state index contributed by atoms with van der Waals surface area (Å²) in [5, 5.41) is 0. The van der Waals surface area contributed by atoms with Crippen LogP contribution in [0, 0.1) is 6.92 Å². The van der Waals surface area contributed by atoms with Crippen molar-refractivity contribution in [2.24, 2.45) is 0 Å². The van der Waals surface area contributed by atoms with Crippen LogP contribution in [0.2, 0.25) is 0 Å². The van der Waals surface area contributed by atoms with Crippen LogP contribution in [0.3, 0.4) is 0 Å². The lowest BCUT2D eigenvalue weighted by molar-refractivity contribution is -0.00727. The second-order valence-corrected chi connectivity index (χ2v) is 3.97. The van der Waals surface area contributed by atoms with E-state index >= 15 is 0 Å². The molecule has 0 aromatic heterocycles. The van der Waals surface area contributed by atoms with E-state index in [4.69, 9.17) is 0 Å². The maximum atomic E-state index is 12.4. The molecule has 0 aliphatic heterocycles. The van der Waals surface area contributed by atoms with Gasteiger partial charge in [0.1, 0.15) is 0 Å². The number of hydrogen-bond donors (Lipinski definition) is 0. The van der Waals surface area contributed by atoms with Gasteiger partial charge in [0.05, 0.1) is 0 Å². The van der Waals surface area contributed by atoms with E-state index in [0.717, 1.165) is 16.7 Å². The molecule has 0 saturated carbocycles. The summed E-state index contributed by atoms with van der Waals surface area (Å²) in [6.45, 7) is 12.9. The highest BCUT2D eigenvalue weighted by Gasteiger charge is 2.08. The minimum atomic E-state index is 0.224. The Balaban J connectivity index is 3.15. The number of benzene rings is 1. The summed E-state index contributed by atoms with van der Waals surface area (Å²) in [6, 6.07) is 3.75. The van der Waals surface area contributed by atoms with Gasteiger partial charge in [0, 0.05) is 10.1 Å². The number of aryl methyl sites for hydroxylation is 1. The molecular formula is C16H17FO. The van der Waals surface area contributed by atoms with Crippen molar-refractivity contribution in [3.8, 4) is 5.75 Å². The fourth-order valence-corrected chi connectivity index (χ4v) is 1.82. The van der Waals surface area contributed by atoms with Gasteiger partial charge < -0.3 is 0 Å². The van der Waals surface area contributed by atoms with Gasteiger partial charge in [-0.25, -0.2) is 0 Å². The predicted molar refractivity (Wildman–Crippen MR) is 75.2 cm³/mol. The fourth-order valence-electron chi connectivity index (χ4n) is 1.82. The Bertz CT molecular complexity index is 498. The molecule has 94 valence electrons. The van der Waals surface area contributed by atoms with Gasteiger partial charge in [-0.05, 0) is 36.1 Å². The van der Waals surface area contributed by atoms with E-state index in [1.54, 1.807) is 25.2 Å². The summed E-state index contributed by atoms with van der Waals surface area (Å²) in [5.74, 6) is 0.224. The van der Waals surface area contributed by atoms with Gasteiger partial charge in [0.25, 0.3) is 0 Å². The van der Waals surface area contributed by atoms with Gasteiger partial charge in [-0.1, -0.05) is 50.1 Å². The first kappa shape index (κ1) is 14.0. The van der Waals surface area contributed by atoms with E-state index in [2.05, 4.69) is 24.7 Å². The average molecular weight is 244 g/mol. The van der Waals surface area contributed by atoms with Crippen molar-refractivity contribution in [1.82, 2.24) is 0 Å². The molecule has 18 heavy (non-hydrogen) atoms. The molecule has 0 spiro atoms. The van der Waals surface area contributed by atoms with Crippen LogP contribution in [-0.2, 0) is 6.42 Å². The van der Waals surface area contributed by atoms with Crippen LogP contribution < -0.4 is 4.94 Å². The normalized spacial score (nSPS) is 10.9. The molecule has 0 atom stereocenters. The molecule has 1 aromatic carbocycles. The molecule has 0 saturated heterocycles. The van der Waals surface area contributed by atoms with E-state index in [9.17, 15) is 4.53 Å². The summed E-state index contributed by atoms with van der Waals surface area (Å²) >= 11 is 0. The largest absolute Gasteiger partial charge is 0.293 e.